The van der Waals surface area contributed by atoms with Gasteiger partial charge in [-0.1, -0.05) is 32.1 Å². The van der Waals surface area contributed by atoms with Crippen molar-refractivity contribution in [1.29, 1.82) is 0 Å². The van der Waals surface area contributed by atoms with Gasteiger partial charge in [0.2, 0.25) is 0 Å². The Hall–Kier alpha value is -2.40. The molecule has 5 rings (SSSR count). The van der Waals surface area contributed by atoms with E-state index < -0.39 is 0 Å². The lowest BCUT2D eigenvalue weighted by molar-refractivity contribution is 0.161. The Morgan fingerprint density at radius 2 is 1.70 bits per heavy atom. The summed E-state index contributed by atoms with van der Waals surface area (Å²) in [4.78, 5) is 20.2. The Morgan fingerprint density at radius 1 is 0.939 bits per heavy atom. The molecule has 5 heteroatoms. The van der Waals surface area contributed by atoms with Crippen molar-refractivity contribution in [2.75, 3.05) is 26.7 Å². The molecule has 0 bridgehead atoms. The van der Waals surface area contributed by atoms with E-state index in [4.69, 9.17) is 4.74 Å². The molecule has 0 N–H and O–H groups in total. The Labute approximate surface area is 196 Å². The number of nitrogens with zero attached hydrogens (tertiary/aromatic N) is 3. The number of hydrogen-bond donors (Lipinski definition) is 0. The van der Waals surface area contributed by atoms with Crippen molar-refractivity contribution in [1.82, 2.24) is 14.5 Å². The zero-order chi connectivity index (χ0) is 22.6. The summed E-state index contributed by atoms with van der Waals surface area (Å²) < 4.78 is 7.41. The zero-order valence-corrected chi connectivity index (χ0v) is 20.0. The van der Waals surface area contributed by atoms with Gasteiger partial charge in [-0.3, -0.25) is 9.78 Å². The fourth-order valence-electron chi connectivity index (χ4n) is 5.96. The average molecular weight is 448 g/mol. The third kappa shape index (κ3) is 5.08. The Kier molecular flexibility index (Phi) is 6.96. The molecular weight excluding hydrogens is 410 g/mol. The zero-order valence-electron chi connectivity index (χ0n) is 20.0. The van der Waals surface area contributed by atoms with Gasteiger partial charge in [0.1, 0.15) is 5.75 Å². The summed E-state index contributed by atoms with van der Waals surface area (Å²) in [6.45, 7) is 4.47. The molecule has 5 nitrogen and oxygen atoms in total. The number of piperidine rings is 1. The van der Waals surface area contributed by atoms with Gasteiger partial charge in [0.05, 0.1) is 18.1 Å². The molecule has 2 aromatic heterocycles. The highest BCUT2D eigenvalue weighted by atomic mass is 16.5. The second-order valence-corrected chi connectivity index (χ2v) is 10.1. The molecule has 1 aliphatic heterocycles. The number of aromatic nitrogens is 2. The summed E-state index contributed by atoms with van der Waals surface area (Å²) in [5.41, 5.74) is 1.95. The lowest BCUT2D eigenvalue weighted by Gasteiger charge is -2.33. The second-order valence-electron chi connectivity index (χ2n) is 10.1. The van der Waals surface area contributed by atoms with E-state index in [-0.39, 0.29) is 5.56 Å². The van der Waals surface area contributed by atoms with E-state index in [1.54, 1.807) is 13.2 Å². The summed E-state index contributed by atoms with van der Waals surface area (Å²) >= 11 is 0. The van der Waals surface area contributed by atoms with Crippen LogP contribution in [0.25, 0.3) is 21.8 Å². The lowest BCUT2D eigenvalue weighted by atomic mass is 9.86. The van der Waals surface area contributed by atoms with Crippen LogP contribution in [-0.4, -0.2) is 41.2 Å². The van der Waals surface area contributed by atoms with Crippen LogP contribution in [0.4, 0.5) is 0 Å². The summed E-state index contributed by atoms with van der Waals surface area (Å²) in [7, 11) is 1.67. The van der Waals surface area contributed by atoms with Crippen LogP contribution in [0.5, 0.6) is 5.75 Å². The maximum Gasteiger partial charge on any atom is 0.251 e. The summed E-state index contributed by atoms with van der Waals surface area (Å²) in [5, 5.41) is 2.00. The predicted molar refractivity (Wildman–Crippen MR) is 135 cm³/mol. The van der Waals surface area contributed by atoms with Gasteiger partial charge >= 0.3 is 0 Å². The minimum absolute atomic E-state index is 0.0720. The molecule has 0 spiro atoms. The minimum Gasteiger partial charge on any atom is -0.497 e. The molecule has 1 aliphatic carbocycles. The molecule has 0 amide bonds. The van der Waals surface area contributed by atoms with E-state index >= 15 is 0 Å². The first-order chi connectivity index (χ1) is 16.2. The van der Waals surface area contributed by atoms with E-state index in [9.17, 15) is 4.79 Å². The highest BCUT2D eigenvalue weighted by molar-refractivity contribution is 6.03. The summed E-state index contributed by atoms with van der Waals surface area (Å²) in [6, 6.07) is 9.48. The molecule has 3 heterocycles. The van der Waals surface area contributed by atoms with Gasteiger partial charge in [-0.05, 0) is 81.4 Å². The maximum atomic E-state index is 12.9. The maximum absolute atomic E-state index is 12.9. The van der Waals surface area contributed by atoms with Crippen molar-refractivity contribution in [2.45, 2.75) is 64.3 Å². The van der Waals surface area contributed by atoms with E-state index in [0.717, 1.165) is 46.4 Å². The molecule has 2 aliphatic rings. The van der Waals surface area contributed by atoms with Crippen LogP contribution >= 0.6 is 0 Å². The first-order valence-electron chi connectivity index (χ1n) is 12.9. The number of aryl methyl sites for hydroxylation is 1. The SMILES string of the molecule is COc1ccc2ncc3ccc(=O)n(CCC4CCN(CCC5CCCCC5)CC4)c3c2c1. The van der Waals surface area contributed by atoms with Gasteiger partial charge in [-0.15, -0.1) is 0 Å². The quantitative estimate of drug-likeness (QED) is 0.440. The Balaban J connectivity index is 1.25. The first-order valence-corrected chi connectivity index (χ1v) is 12.9. The molecule has 0 atom stereocenters. The van der Waals surface area contributed by atoms with Crippen molar-refractivity contribution >= 4 is 21.8 Å². The second kappa shape index (κ2) is 10.3. The highest BCUT2D eigenvalue weighted by Crippen LogP contribution is 2.29. The van der Waals surface area contributed by atoms with Gasteiger partial charge in [0.25, 0.3) is 5.56 Å². The number of ether oxygens (including phenoxy) is 1. The van der Waals surface area contributed by atoms with Gasteiger partial charge < -0.3 is 14.2 Å². The Morgan fingerprint density at radius 3 is 2.48 bits per heavy atom. The number of benzene rings is 1. The number of hydrogen-bond acceptors (Lipinski definition) is 4. The van der Waals surface area contributed by atoms with Crippen LogP contribution in [0.2, 0.25) is 0 Å². The molecule has 176 valence electrons. The Bertz CT molecular complexity index is 1140. The molecule has 0 unspecified atom stereocenters. The molecule has 33 heavy (non-hydrogen) atoms. The standard InChI is InChI=1S/C28H37N3O2/c1-33-24-8-9-26-25(19-24)28-23(20-29-26)7-10-27(32)31(28)18-14-22-12-16-30(17-13-22)15-11-21-5-3-2-4-6-21/h7-10,19-22H,2-6,11-18H2,1H3. The van der Waals surface area contributed by atoms with Crippen LogP contribution in [0.3, 0.4) is 0 Å². The molecule has 1 saturated heterocycles. The fraction of sp³-hybridized carbons (Fsp3) is 0.571. The van der Waals surface area contributed by atoms with Crippen LogP contribution in [0, 0.1) is 11.8 Å². The van der Waals surface area contributed by atoms with Crippen molar-refractivity contribution in [3.05, 3.63) is 46.9 Å². The number of pyridine rings is 2. The largest absolute Gasteiger partial charge is 0.497 e. The molecule has 1 aromatic carbocycles. The van der Waals surface area contributed by atoms with Crippen LogP contribution < -0.4 is 10.3 Å². The molecular formula is C28H37N3O2. The number of likely N-dealkylation sites (tertiary alicyclic amines) is 1. The normalized spacial score (nSPS) is 18.8. The summed E-state index contributed by atoms with van der Waals surface area (Å²) in [5.74, 6) is 2.46. The van der Waals surface area contributed by atoms with Crippen LogP contribution in [-0.2, 0) is 6.54 Å². The summed E-state index contributed by atoms with van der Waals surface area (Å²) in [6.07, 6.45) is 14.1. The third-order valence-electron chi connectivity index (χ3n) is 8.06. The first kappa shape index (κ1) is 22.4. The van der Waals surface area contributed by atoms with E-state index in [0.29, 0.717) is 5.92 Å². The monoisotopic (exact) mass is 447 g/mol. The molecule has 3 aromatic rings. The smallest absolute Gasteiger partial charge is 0.251 e. The lowest BCUT2D eigenvalue weighted by Crippen LogP contribution is -2.35. The van der Waals surface area contributed by atoms with E-state index in [1.807, 2.05) is 35.0 Å². The highest BCUT2D eigenvalue weighted by Gasteiger charge is 2.21. The van der Waals surface area contributed by atoms with Gasteiger partial charge in [0.15, 0.2) is 0 Å². The molecule has 1 saturated carbocycles. The van der Waals surface area contributed by atoms with Crippen LogP contribution in [0.1, 0.15) is 57.8 Å². The van der Waals surface area contributed by atoms with Crippen molar-refractivity contribution in [3.63, 3.8) is 0 Å². The topological polar surface area (TPSA) is 47.4 Å². The predicted octanol–water partition coefficient (Wildman–Crippen LogP) is 5.63. The molecule has 0 radical (unpaired) electrons. The van der Waals surface area contributed by atoms with Crippen molar-refractivity contribution < 1.29 is 4.74 Å². The number of fused-ring (bicyclic) bond motifs is 3. The fourth-order valence-corrected chi connectivity index (χ4v) is 5.96. The number of methoxy groups -OCH3 is 1. The van der Waals surface area contributed by atoms with E-state index in [2.05, 4.69) is 9.88 Å². The van der Waals surface area contributed by atoms with E-state index in [1.165, 1.54) is 71.0 Å². The van der Waals surface area contributed by atoms with Crippen LogP contribution in [0.15, 0.2) is 41.3 Å². The minimum atomic E-state index is 0.0720. The molecule has 2 fully saturated rings. The average Bonchev–Trinajstić information content (AvgIpc) is 2.87. The number of rotatable bonds is 7. The third-order valence-corrected chi connectivity index (χ3v) is 8.06. The van der Waals surface area contributed by atoms with Gasteiger partial charge in [0, 0.05) is 29.6 Å². The van der Waals surface area contributed by atoms with Gasteiger partial charge in [-0.25, -0.2) is 0 Å². The van der Waals surface area contributed by atoms with Crippen molar-refractivity contribution in [3.8, 4) is 5.75 Å². The van der Waals surface area contributed by atoms with Gasteiger partial charge in [-0.2, -0.15) is 0 Å². The van der Waals surface area contributed by atoms with Crippen molar-refractivity contribution in [2.24, 2.45) is 11.8 Å².